The molecule has 0 spiro atoms. The maximum atomic E-state index is 11.5. The van der Waals surface area contributed by atoms with Gasteiger partial charge in [0.05, 0.1) is 6.26 Å². The van der Waals surface area contributed by atoms with Crippen LogP contribution >= 0.6 is 0 Å². The first-order valence-corrected chi connectivity index (χ1v) is 9.61. The largest absolute Gasteiger partial charge is 0.311 e. The van der Waals surface area contributed by atoms with Gasteiger partial charge in [-0.1, -0.05) is 0 Å². The highest BCUT2D eigenvalue weighted by Gasteiger charge is 2.28. The van der Waals surface area contributed by atoms with Crippen LogP contribution in [-0.2, 0) is 10.0 Å². The fourth-order valence-electron chi connectivity index (χ4n) is 3.48. The van der Waals surface area contributed by atoms with Gasteiger partial charge < -0.3 is 10.2 Å². The van der Waals surface area contributed by atoms with E-state index in [0.717, 1.165) is 18.8 Å². The molecule has 2 saturated heterocycles. The predicted octanol–water partition coefficient (Wildman–Crippen LogP) is 0.730. The summed E-state index contributed by atoms with van der Waals surface area (Å²) in [6, 6.07) is 0.989. The van der Waals surface area contributed by atoms with Crippen molar-refractivity contribution in [3.63, 3.8) is 0 Å². The first kappa shape index (κ1) is 16.2. The summed E-state index contributed by atoms with van der Waals surface area (Å²) < 4.78 is 24.6. The molecule has 2 heterocycles. The van der Waals surface area contributed by atoms with Crippen molar-refractivity contribution in [2.75, 3.05) is 39.5 Å². The molecule has 0 aliphatic carbocycles. The number of nitrogens with one attached hydrogen (secondary N) is 1. The highest BCUT2D eigenvalue weighted by molar-refractivity contribution is 7.88. The molecule has 2 atom stereocenters. The molecule has 2 fully saturated rings. The fraction of sp³-hybridized carbons (Fsp3) is 1.00. The summed E-state index contributed by atoms with van der Waals surface area (Å²) in [6.45, 7) is 6.00. The summed E-state index contributed by atoms with van der Waals surface area (Å²) in [5, 5.41) is 3.73. The molecule has 2 rings (SSSR count). The first-order valence-electron chi connectivity index (χ1n) is 7.76. The van der Waals surface area contributed by atoms with E-state index in [2.05, 4.69) is 24.2 Å². The molecule has 0 aromatic rings. The van der Waals surface area contributed by atoms with Crippen LogP contribution in [0.25, 0.3) is 0 Å². The molecule has 0 aromatic heterocycles. The van der Waals surface area contributed by atoms with Crippen LogP contribution in [0.4, 0.5) is 0 Å². The lowest BCUT2D eigenvalue weighted by Gasteiger charge is -2.38. The minimum absolute atomic E-state index is 0.468. The Bertz CT molecular complexity index is 405. The molecule has 0 bridgehead atoms. The summed E-state index contributed by atoms with van der Waals surface area (Å²) in [5.41, 5.74) is 0. The summed E-state index contributed by atoms with van der Waals surface area (Å²) in [6.07, 6.45) is 5.77. The Kier molecular flexibility index (Phi) is 5.45. The summed E-state index contributed by atoms with van der Waals surface area (Å²) in [7, 11) is -0.809. The van der Waals surface area contributed by atoms with Gasteiger partial charge in [0.2, 0.25) is 10.0 Å². The number of rotatable bonds is 4. The quantitative estimate of drug-likeness (QED) is 0.832. The SMILES string of the molecule is CC(NC1CCN(S(C)(=O)=O)CC1)C1CCCN(C)C1. The molecule has 5 nitrogen and oxygen atoms in total. The van der Waals surface area contributed by atoms with Crippen LogP contribution in [0.1, 0.15) is 32.6 Å². The van der Waals surface area contributed by atoms with Gasteiger partial charge in [-0.3, -0.25) is 0 Å². The first-order chi connectivity index (χ1) is 9.36. The van der Waals surface area contributed by atoms with E-state index in [1.54, 1.807) is 4.31 Å². The number of likely N-dealkylation sites (tertiary alicyclic amines) is 1. The van der Waals surface area contributed by atoms with E-state index in [9.17, 15) is 8.42 Å². The number of hydrogen-bond donors (Lipinski definition) is 1. The van der Waals surface area contributed by atoms with E-state index in [0.29, 0.717) is 25.2 Å². The van der Waals surface area contributed by atoms with Gasteiger partial charge in [-0.15, -0.1) is 0 Å². The van der Waals surface area contributed by atoms with Crippen LogP contribution in [0.15, 0.2) is 0 Å². The van der Waals surface area contributed by atoms with Crippen molar-refractivity contribution < 1.29 is 8.42 Å². The fourth-order valence-corrected chi connectivity index (χ4v) is 4.35. The molecule has 2 unspecified atom stereocenters. The van der Waals surface area contributed by atoms with Crippen LogP contribution in [0.3, 0.4) is 0 Å². The lowest BCUT2D eigenvalue weighted by molar-refractivity contribution is 0.164. The number of piperidine rings is 2. The molecule has 118 valence electrons. The van der Waals surface area contributed by atoms with E-state index < -0.39 is 10.0 Å². The molecule has 6 heteroatoms. The predicted molar refractivity (Wildman–Crippen MR) is 82.3 cm³/mol. The summed E-state index contributed by atoms with van der Waals surface area (Å²) in [5.74, 6) is 0.724. The Balaban J connectivity index is 1.77. The highest BCUT2D eigenvalue weighted by atomic mass is 32.2. The molecular formula is C14H29N3O2S. The highest BCUT2D eigenvalue weighted by Crippen LogP contribution is 2.21. The minimum atomic E-state index is -3.01. The number of hydrogen-bond acceptors (Lipinski definition) is 4. The molecule has 20 heavy (non-hydrogen) atoms. The van der Waals surface area contributed by atoms with Crippen molar-refractivity contribution in [2.24, 2.45) is 5.92 Å². The minimum Gasteiger partial charge on any atom is -0.311 e. The monoisotopic (exact) mass is 303 g/mol. The molecule has 1 N–H and O–H groups in total. The van der Waals surface area contributed by atoms with Crippen molar-refractivity contribution >= 4 is 10.0 Å². The van der Waals surface area contributed by atoms with Crippen LogP contribution in [0.2, 0.25) is 0 Å². The molecular weight excluding hydrogens is 274 g/mol. The second-order valence-corrected chi connectivity index (χ2v) is 8.54. The van der Waals surface area contributed by atoms with Crippen LogP contribution in [-0.4, -0.2) is 69.2 Å². The Hall–Kier alpha value is -0.170. The summed E-state index contributed by atoms with van der Waals surface area (Å²) >= 11 is 0. The van der Waals surface area contributed by atoms with Gasteiger partial charge >= 0.3 is 0 Å². The van der Waals surface area contributed by atoms with E-state index in [1.807, 2.05) is 0 Å². The van der Waals surface area contributed by atoms with Gasteiger partial charge in [-0.25, -0.2) is 12.7 Å². The molecule has 2 aliphatic rings. The summed E-state index contributed by atoms with van der Waals surface area (Å²) in [4.78, 5) is 2.42. The van der Waals surface area contributed by atoms with Crippen molar-refractivity contribution in [3.8, 4) is 0 Å². The van der Waals surface area contributed by atoms with Crippen molar-refractivity contribution in [1.29, 1.82) is 0 Å². The van der Waals surface area contributed by atoms with Crippen LogP contribution < -0.4 is 5.32 Å². The van der Waals surface area contributed by atoms with Gasteiger partial charge in [0, 0.05) is 31.7 Å². The normalized spacial score (nSPS) is 29.4. The molecule has 0 radical (unpaired) electrons. The Morgan fingerprint density at radius 1 is 1.15 bits per heavy atom. The average Bonchev–Trinajstić information content (AvgIpc) is 2.38. The van der Waals surface area contributed by atoms with Gasteiger partial charge in [-0.2, -0.15) is 0 Å². The maximum absolute atomic E-state index is 11.5. The zero-order valence-corrected chi connectivity index (χ0v) is 13.8. The Labute approximate surface area is 123 Å². The van der Waals surface area contributed by atoms with Gasteiger partial charge in [0.15, 0.2) is 0 Å². The second kappa shape index (κ2) is 6.73. The van der Waals surface area contributed by atoms with E-state index in [-0.39, 0.29) is 0 Å². The van der Waals surface area contributed by atoms with Gasteiger partial charge in [0.1, 0.15) is 0 Å². The standard InChI is InChI=1S/C14H29N3O2S/c1-12(13-5-4-8-16(2)11-13)15-14-6-9-17(10-7-14)20(3,18)19/h12-15H,4-11H2,1-3H3. The van der Waals surface area contributed by atoms with Gasteiger partial charge in [0.25, 0.3) is 0 Å². The topological polar surface area (TPSA) is 52.7 Å². The van der Waals surface area contributed by atoms with Crippen LogP contribution in [0.5, 0.6) is 0 Å². The molecule has 0 aromatic carbocycles. The molecule has 2 aliphatic heterocycles. The van der Waals surface area contributed by atoms with E-state index in [1.165, 1.54) is 32.2 Å². The van der Waals surface area contributed by atoms with E-state index >= 15 is 0 Å². The van der Waals surface area contributed by atoms with Gasteiger partial charge in [-0.05, 0) is 52.1 Å². The number of nitrogens with zero attached hydrogens (tertiary/aromatic N) is 2. The maximum Gasteiger partial charge on any atom is 0.211 e. The Morgan fingerprint density at radius 2 is 1.80 bits per heavy atom. The third-order valence-corrected chi connectivity index (χ3v) is 6.09. The second-order valence-electron chi connectivity index (χ2n) is 6.56. The molecule has 0 saturated carbocycles. The Morgan fingerprint density at radius 3 is 2.35 bits per heavy atom. The van der Waals surface area contributed by atoms with E-state index in [4.69, 9.17) is 0 Å². The third-order valence-electron chi connectivity index (χ3n) is 4.79. The van der Waals surface area contributed by atoms with Crippen molar-refractivity contribution in [1.82, 2.24) is 14.5 Å². The molecule has 0 amide bonds. The average molecular weight is 303 g/mol. The number of sulfonamides is 1. The third kappa shape index (κ3) is 4.41. The lowest BCUT2D eigenvalue weighted by Crippen LogP contribution is -2.50. The smallest absolute Gasteiger partial charge is 0.211 e. The van der Waals surface area contributed by atoms with Crippen molar-refractivity contribution in [2.45, 2.75) is 44.7 Å². The zero-order valence-electron chi connectivity index (χ0n) is 13.0. The zero-order chi connectivity index (χ0) is 14.8. The van der Waals surface area contributed by atoms with Crippen molar-refractivity contribution in [3.05, 3.63) is 0 Å². The van der Waals surface area contributed by atoms with Crippen LogP contribution in [0, 0.1) is 5.92 Å². The lowest BCUT2D eigenvalue weighted by atomic mass is 9.90.